The predicted octanol–water partition coefficient (Wildman–Crippen LogP) is 3.90. The highest BCUT2D eigenvalue weighted by atomic mass is 15.1. The summed E-state index contributed by atoms with van der Waals surface area (Å²) in [5, 5.41) is 0. The second-order valence-electron chi connectivity index (χ2n) is 6.76. The van der Waals surface area contributed by atoms with Crippen molar-refractivity contribution in [2.75, 3.05) is 19.6 Å². The summed E-state index contributed by atoms with van der Waals surface area (Å²) >= 11 is 0. The highest BCUT2D eigenvalue weighted by Crippen LogP contribution is 2.32. The molecule has 0 aromatic heterocycles. The Morgan fingerprint density at radius 3 is 2.53 bits per heavy atom. The Morgan fingerprint density at radius 1 is 1.21 bits per heavy atom. The van der Waals surface area contributed by atoms with Crippen molar-refractivity contribution >= 4 is 0 Å². The highest BCUT2D eigenvalue weighted by molar-refractivity contribution is 4.84. The molecule has 1 aliphatic rings. The molecule has 0 aromatic carbocycles. The molecule has 1 saturated carbocycles. The standard InChI is InChI=1S/C17H36N2/c1-5-8-15-9-10-17(18)16(11-15)13-19(7-3)12-14(4)6-2/h14-17H,5-13,18H2,1-4H3. The zero-order valence-electron chi connectivity index (χ0n) is 13.7. The first-order chi connectivity index (χ1) is 9.10. The number of hydrogen-bond acceptors (Lipinski definition) is 2. The molecule has 19 heavy (non-hydrogen) atoms. The van der Waals surface area contributed by atoms with Gasteiger partial charge in [-0.3, -0.25) is 0 Å². The molecule has 4 atom stereocenters. The van der Waals surface area contributed by atoms with Crippen molar-refractivity contribution < 1.29 is 0 Å². The van der Waals surface area contributed by atoms with E-state index in [1.54, 1.807) is 0 Å². The summed E-state index contributed by atoms with van der Waals surface area (Å²) in [7, 11) is 0. The summed E-state index contributed by atoms with van der Waals surface area (Å²) in [6, 6.07) is 0.444. The van der Waals surface area contributed by atoms with Gasteiger partial charge >= 0.3 is 0 Å². The van der Waals surface area contributed by atoms with Gasteiger partial charge in [0.1, 0.15) is 0 Å². The van der Waals surface area contributed by atoms with Crippen LogP contribution in [-0.2, 0) is 0 Å². The average Bonchev–Trinajstić information content (AvgIpc) is 2.41. The molecule has 0 heterocycles. The van der Waals surface area contributed by atoms with Crippen LogP contribution in [0.5, 0.6) is 0 Å². The smallest absolute Gasteiger partial charge is 0.00795 e. The molecule has 4 unspecified atom stereocenters. The average molecular weight is 268 g/mol. The van der Waals surface area contributed by atoms with E-state index >= 15 is 0 Å². The van der Waals surface area contributed by atoms with E-state index < -0.39 is 0 Å². The molecule has 1 aliphatic carbocycles. The van der Waals surface area contributed by atoms with Crippen molar-refractivity contribution in [3.05, 3.63) is 0 Å². The van der Waals surface area contributed by atoms with Crippen molar-refractivity contribution in [2.45, 2.75) is 72.3 Å². The first-order valence-electron chi connectivity index (χ1n) is 8.58. The Labute approximate surface area is 121 Å². The van der Waals surface area contributed by atoms with Gasteiger partial charge in [-0.15, -0.1) is 0 Å². The van der Waals surface area contributed by atoms with Crippen LogP contribution in [-0.4, -0.2) is 30.6 Å². The van der Waals surface area contributed by atoms with Crippen LogP contribution in [0.15, 0.2) is 0 Å². The van der Waals surface area contributed by atoms with Gasteiger partial charge in [0, 0.05) is 19.1 Å². The largest absolute Gasteiger partial charge is 0.327 e. The monoisotopic (exact) mass is 268 g/mol. The number of rotatable bonds is 8. The minimum absolute atomic E-state index is 0.444. The van der Waals surface area contributed by atoms with Gasteiger partial charge in [0.05, 0.1) is 0 Å². The quantitative estimate of drug-likeness (QED) is 0.723. The summed E-state index contributed by atoms with van der Waals surface area (Å²) in [6.45, 7) is 12.9. The fraction of sp³-hybridized carbons (Fsp3) is 1.00. The maximum absolute atomic E-state index is 6.38. The van der Waals surface area contributed by atoms with Crippen LogP contribution in [0.1, 0.15) is 66.2 Å². The predicted molar refractivity (Wildman–Crippen MR) is 85.3 cm³/mol. The molecular weight excluding hydrogens is 232 g/mol. The summed E-state index contributed by atoms with van der Waals surface area (Å²) < 4.78 is 0. The molecule has 0 aliphatic heterocycles. The van der Waals surface area contributed by atoms with Gasteiger partial charge in [-0.2, -0.15) is 0 Å². The number of nitrogens with zero attached hydrogens (tertiary/aromatic N) is 1. The lowest BCUT2D eigenvalue weighted by atomic mass is 9.76. The van der Waals surface area contributed by atoms with Crippen molar-refractivity contribution in [2.24, 2.45) is 23.5 Å². The van der Waals surface area contributed by atoms with Crippen molar-refractivity contribution in [3.63, 3.8) is 0 Å². The normalized spacial score (nSPS) is 29.7. The van der Waals surface area contributed by atoms with E-state index in [2.05, 4.69) is 32.6 Å². The first kappa shape index (κ1) is 17.0. The van der Waals surface area contributed by atoms with Crippen molar-refractivity contribution in [1.82, 2.24) is 4.90 Å². The van der Waals surface area contributed by atoms with Gasteiger partial charge in [0.15, 0.2) is 0 Å². The van der Waals surface area contributed by atoms with Gasteiger partial charge < -0.3 is 10.6 Å². The molecule has 0 amide bonds. The lowest BCUT2D eigenvalue weighted by Crippen LogP contribution is -2.44. The van der Waals surface area contributed by atoms with Crippen LogP contribution in [0, 0.1) is 17.8 Å². The van der Waals surface area contributed by atoms with Crippen LogP contribution in [0.4, 0.5) is 0 Å². The Kier molecular flexibility index (Phi) is 8.01. The maximum Gasteiger partial charge on any atom is 0.00795 e. The van der Waals surface area contributed by atoms with E-state index in [-0.39, 0.29) is 0 Å². The number of nitrogens with two attached hydrogens (primary N) is 1. The molecule has 0 aromatic rings. The summed E-state index contributed by atoms with van der Waals surface area (Å²) in [5.41, 5.74) is 6.38. The van der Waals surface area contributed by atoms with E-state index in [1.165, 1.54) is 58.2 Å². The Hall–Kier alpha value is -0.0800. The number of hydrogen-bond donors (Lipinski definition) is 1. The van der Waals surface area contributed by atoms with Gasteiger partial charge in [0.25, 0.3) is 0 Å². The summed E-state index contributed by atoms with van der Waals surface area (Å²) in [6.07, 6.45) is 7.99. The van der Waals surface area contributed by atoms with Crippen LogP contribution in [0.3, 0.4) is 0 Å². The Balaban J connectivity index is 2.46. The summed E-state index contributed by atoms with van der Waals surface area (Å²) in [5.74, 6) is 2.48. The lowest BCUT2D eigenvalue weighted by Gasteiger charge is -2.37. The maximum atomic E-state index is 6.38. The van der Waals surface area contributed by atoms with Gasteiger partial charge in [0.2, 0.25) is 0 Å². The molecule has 0 saturated heterocycles. The van der Waals surface area contributed by atoms with E-state index in [4.69, 9.17) is 5.73 Å². The van der Waals surface area contributed by atoms with E-state index in [0.717, 1.165) is 17.8 Å². The molecule has 2 heteroatoms. The molecule has 0 radical (unpaired) electrons. The minimum atomic E-state index is 0.444. The molecule has 2 N–H and O–H groups in total. The molecule has 1 fully saturated rings. The second kappa shape index (κ2) is 8.97. The Bertz CT molecular complexity index is 229. The van der Waals surface area contributed by atoms with Crippen LogP contribution in [0.25, 0.3) is 0 Å². The van der Waals surface area contributed by atoms with E-state index in [1.807, 2.05) is 0 Å². The van der Waals surface area contributed by atoms with E-state index in [0.29, 0.717) is 6.04 Å². The van der Waals surface area contributed by atoms with E-state index in [9.17, 15) is 0 Å². The zero-order valence-corrected chi connectivity index (χ0v) is 13.7. The Morgan fingerprint density at radius 2 is 1.95 bits per heavy atom. The van der Waals surface area contributed by atoms with Crippen molar-refractivity contribution in [1.29, 1.82) is 0 Å². The molecule has 114 valence electrons. The third kappa shape index (κ3) is 5.83. The topological polar surface area (TPSA) is 29.3 Å². The fourth-order valence-corrected chi connectivity index (χ4v) is 3.50. The minimum Gasteiger partial charge on any atom is -0.327 e. The SMILES string of the molecule is CCCC1CCC(N)C(CN(CC)CC(C)CC)C1. The van der Waals surface area contributed by atoms with Gasteiger partial charge in [-0.1, -0.05) is 47.0 Å². The fourth-order valence-electron chi connectivity index (χ4n) is 3.50. The molecule has 0 bridgehead atoms. The van der Waals surface area contributed by atoms with Crippen molar-refractivity contribution in [3.8, 4) is 0 Å². The molecule has 2 nitrogen and oxygen atoms in total. The summed E-state index contributed by atoms with van der Waals surface area (Å²) in [4.78, 5) is 2.63. The van der Waals surface area contributed by atoms with Crippen LogP contribution >= 0.6 is 0 Å². The molecule has 0 spiro atoms. The van der Waals surface area contributed by atoms with Gasteiger partial charge in [-0.25, -0.2) is 0 Å². The molecule has 1 rings (SSSR count). The first-order valence-corrected chi connectivity index (χ1v) is 8.58. The van der Waals surface area contributed by atoms with Crippen LogP contribution < -0.4 is 5.73 Å². The third-order valence-electron chi connectivity index (χ3n) is 5.05. The van der Waals surface area contributed by atoms with Gasteiger partial charge in [-0.05, 0) is 43.6 Å². The highest BCUT2D eigenvalue weighted by Gasteiger charge is 2.28. The molecular formula is C17H36N2. The zero-order chi connectivity index (χ0) is 14.3. The second-order valence-corrected chi connectivity index (χ2v) is 6.76. The van der Waals surface area contributed by atoms with Crippen LogP contribution in [0.2, 0.25) is 0 Å². The third-order valence-corrected chi connectivity index (χ3v) is 5.05. The lowest BCUT2D eigenvalue weighted by molar-refractivity contribution is 0.144.